The molecule has 20 heavy (non-hydrogen) atoms. The van der Waals surface area contributed by atoms with Crippen LogP contribution >= 0.6 is 0 Å². The van der Waals surface area contributed by atoms with Gasteiger partial charge in [-0.2, -0.15) is 0 Å². The van der Waals surface area contributed by atoms with Crippen LogP contribution in [0.5, 0.6) is 0 Å². The van der Waals surface area contributed by atoms with Crippen molar-refractivity contribution in [2.45, 2.75) is 32.0 Å². The highest BCUT2D eigenvalue weighted by Crippen LogP contribution is 2.18. The van der Waals surface area contributed by atoms with E-state index in [1.54, 1.807) is 0 Å². The van der Waals surface area contributed by atoms with E-state index in [9.17, 15) is 14.7 Å². The van der Waals surface area contributed by atoms with E-state index in [1.165, 1.54) is 18.2 Å². The van der Waals surface area contributed by atoms with Crippen LogP contribution in [0.4, 0.5) is 0 Å². The van der Waals surface area contributed by atoms with Crippen molar-refractivity contribution < 1.29 is 29.6 Å². The second-order valence-electron chi connectivity index (χ2n) is 4.48. The highest BCUT2D eigenvalue weighted by Gasteiger charge is 2.30. The molecule has 0 aliphatic carbocycles. The van der Waals surface area contributed by atoms with Crippen molar-refractivity contribution in [3.63, 3.8) is 0 Å². The number of carbonyl (C=O) groups excluding carboxylic acids is 1. The first-order valence-electron chi connectivity index (χ1n) is 6.32. The van der Waals surface area contributed by atoms with Crippen LogP contribution in [0.3, 0.4) is 0 Å². The predicted octanol–water partition coefficient (Wildman–Crippen LogP) is 1.41. The lowest BCUT2D eigenvalue weighted by Crippen LogP contribution is -2.38. The molecule has 0 fully saturated rings. The van der Waals surface area contributed by atoms with E-state index in [1.807, 2.05) is 6.92 Å². The average molecular weight is 282 g/mol. The molecule has 1 atom stereocenters. The largest absolute Gasteiger partial charge is 0.478 e. The number of aliphatic hydroxyl groups excluding tert-OH is 1. The van der Waals surface area contributed by atoms with Gasteiger partial charge in [0.25, 0.3) is 0 Å². The summed E-state index contributed by atoms with van der Waals surface area (Å²) in [6.45, 7) is 1.19. The van der Waals surface area contributed by atoms with Gasteiger partial charge in [0.1, 0.15) is 6.61 Å². The number of aliphatic hydroxyl groups is 2. The van der Waals surface area contributed by atoms with Crippen molar-refractivity contribution in [3.8, 4) is 0 Å². The molecule has 110 valence electrons. The van der Waals surface area contributed by atoms with Gasteiger partial charge in [-0.3, -0.25) is 0 Å². The summed E-state index contributed by atoms with van der Waals surface area (Å²) in [7, 11) is 0. The van der Waals surface area contributed by atoms with Gasteiger partial charge in [-0.15, -0.1) is 0 Å². The lowest BCUT2D eigenvalue weighted by atomic mass is 10.1. The topological polar surface area (TPSA) is 104 Å². The molecule has 0 bridgehead atoms. The lowest BCUT2D eigenvalue weighted by Gasteiger charge is -2.25. The summed E-state index contributed by atoms with van der Waals surface area (Å²) >= 11 is 0. The van der Waals surface area contributed by atoms with E-state index < -0.39 is 24.3 Å². The molecule has 0 saturated heterocycles. The number of rotatable bonds is 7. The Balaban J connectivity index is 2.84. The van der Waals surface area contributed by atoms with E-state index in [0.29, 0.717) is 6.42 Å². The number of esters is 1. The standard InChI is InChI=1S/C14H18O6/c1-2-3-7-14(19,9-15)20-13(18)11-6-4-5-10(8-11)12(16)17/h4-6,8,15,19H,2-3,7,9H2,1H3,(H,16,17). The van der Waals surface area contributed by atoms with Gasteiger partial charge in [-0.1, -0.05) is 19.4 Å². The molecule has 6 nitrogen and oxygen atoms in total. The molecule has 0 saturated carbocycles. The van der Waals surface area contributed by atoms with E-state index in [0.717, 1.165) is 12.5 Å². The number of aromatic carboxylic acids is 1. The summed E-state index contributed by atoms with van der Waals surface area (Å²) in [4.78, 5) is 22.7. The Kier molecular flexibility index (Phi) is 5.66. The number of hydrogen-bond donors (Lipinski definition) is 3. The van der Waals surface area contributed by atoms with Crippen LogP contribution in [0.1, 0.15) is 46.9 Å². The molecule has 0 heterocycles. The Morgan fingerprint density at radius 3 is 2.50 bits per heavy atom. The van der Waals surface area contributed by atoms with Gasteiger partial charge in [-0.25, -0.2) is 9.59 Å². The molecule has 0 aliphatic heterocycles. The van der Waals surface area contributed by atoms with Crippen LogP contribution in [0.2, 0.25) is 0 Å². The summed E-state index contributed by atoms with van der Waals surface area (Å²) in [6.07, 6.45) is 1.47. The molecule has 1 aromatic rings. The first-order valence-corrected chi connectivity index (χ1v) is 6.32. The summed E-state index contributed by atoms with van der Waals surface area (Å²) in [5.74, 6) is -3.98. The number of unbranched alkanes of at least 4 members (excludes halogenated alkanes) is 1. The Labute approximate surface area is 116 Å². The highest BCUT2D eigenvalue weighted by molar-refractivity contribution is 5.94. The number of carboxylic acids is 1. The molecule has 0 aromatic heterocycles. The van der Waals surface area contributed by atoms with Crippen molar-refractivity contribution in [2.24, 2.45) is 0 Å². The van der Waals surface area contributed by atoms with E-state index in [-0.39, 0.29) is 17.5 Å². The maximum absolute atomic E-state index is 11.9. The fraction of sp³-hybridized carbons (Fsp3) is 0.429. The van der Waals surface area contributed by atoms with Gasteiger partial charge in [0.05, 0.1) is 11.1 Å². The third-order valence-electron chi connectivity index (χ3n) is 2.80. The Morgan fingerprint density at radius 2 is 1.95 bits per heavy atom. The first kappa shape index (κ1) is 16.1. The SMILES string of the molecule is CCCCC(O)(CO)OC(=O)c1cccc(C(=O)O)c1. The number of ether oxygens (including phenoxy) is 1. The maximum atomic E-state index is 11.9. The Hall–Kier alpha value is -1.92. The second kappa shape index (κ2) is 7.02. The lowest BCUT2D eigenvalue weighted by molar-refractivity contribution is -0.193. The first-order chi connectivity index (χ1) is 9.41. The number of carbonyl (C=O) groups is 2. The Morgan fingerprint density at radius 1 is 1.30 bits per heavy atom. The maximum Gasteiger partial charge on any atom is 0.340 e. The molecule has 0 aliphatic rings. The van der Waals surface area contributed by atoms with Crippen LogP contribution in [0.15, 0.2) is 24.3 Å². The van der Waals surface area contributed by atoms with Crippen LogP contribution in [0, 0.1) is 0 Å². The molecular weight excluding hydrogens is 264 g/mol. The zero-order chi connectivity index (χ0) is 15.2. The van der Waals surface area contributed by atoms with Gasteiger partial charge in [0, 0.05) is 6.42 Å². The van der Waals surface area contributed by atoms with Gasteiger partial charge < -0.3 is 20.1 Å². The van der Waals surface area contributed by atoms with Crippen molar-refractivity contribution in [1.29, 1.82) is 0 Å². The normalized spacial score (nSPS) is 13.6. The molecule has 0 amide bonds. The van der Waals surface area contributed by atoms with Crippen molar-refractivity contribution >= 4 is 11.9 Å². The van der Waals surface area contributed by atoms with E-state index in [4.69, 9.17) is 14.9 Å². The third kappa shape index (κ3) is 4.32. The molecule has 0 spiro atoms. The number of carboxylic acid groups (broad SMARTS) is 1. The Bertz CT molecular complexity index is 484. The summed E-state index contributed by atoms with van der Waals surface area (Å²) in [5, 5.41) is 27.9. The van der Waals surface area contributed by atoms with Gasteiger partial charge in [0.2, 0.25) is 5.79 Å². The van der Waals surface area contributed by atoms with Crippen LogP contribution in [0.25, 0.3) is 0 Å². The quantitative estimate of drug-likeness (QED) is 0.516. The van der Waals surface area contributed by atoms with Gasteiger partial charge in [0.15, 0.2) is 0 Å². The molecule has 1 aromatic carbocycles. The molecule has 6 heteroatoms. The molecular formula is C14H18O6. The molecule has 3 N–H and O–H groups in total. The van der Waals surface area contributed by atoms with E-state index in [2.05, 4.69) is 0 Å². The second-order valence-corrected chi connectivity index (χ2v) is 4.48. The predicted molar refractivity (Wildman–Crippen MR) is 70.4 cm³/mol. The summed E-state index contributed by atoms with van der Waals surface area (Å²) in [6, 6.07) is 5.28. The molecule has 1 unspecified atom stereocenters. The van der Waals surface area contributed by atoms with Crippen molar-refractivity contribution in [1.82, 2.24) is 0 Å². The van der Waals surface area contributed by atoms with Crippen molar-refractivity contribution in [2.75, 3.05) is 6.61 Å². The van der Waals surface area contributed by atoms with Crippen LogP contribution < -0.4 is 0 Å². The third-order valence-corrected chi connectivity index (χ3v) is 2.80. The number of hydrogen-bond acceptors (Lipinski definition) is 5. The van der Waals surface area contributed by atoms with Gasteiger partial charge >= 0.3 is 11.9 Å². The van der Waals surface area contributed by atoms with E-state index >= 15 is 0 Å². The fourth-order valence-corrected chi connectivity index (χ4v) is 1.63. The van der Waals surface area contributed by atoms with Crippen LogP contribution in [-0.2, 0) is 4.74 Å². The van der Waals surface area contributed by atoms with Gasteiger partial charge in [-0.05, 0) is 24.6 Å². The highest BCUT2D eigenvalue weighted by atomic mass is 16.7. The zero-order valence-corrected chi connectivity index (χ0v) is 11.2. The monoisotopic (exact) mass is 282 g/mol. The fourth-order valence-electron chi connectivity index (χ4n) is 1.63. The molecule has 0 radical (unpaired) electrons. The summed E-state index contributed by atoms with van der Waals surface area (Å²) < 4.78 is 4.88. The average Bonchev–Trinajstić information content (AvgIpc) is 2.45. The minimum Gasteiger partial charge on any atom is -0.478 e. The summed E-state index contributed by atoms with van der Waals surface area (Å²) in [5.41, 5.74) is -0.0474. The number of benzene rings is 1. The minimum atomic E-state index is -1.94. The zero-order valence-electron chi connectivity index (χ0n) is 11.2. The minimum absolute atomic E-state index is 0.00766. The molecule has 1 rings (SSSR count). The smallest absolute Gasteiger partial charge is 0.340 e. The van der Waals surface area contributed by atoms with Crippen LogP contribution in [-0.4, -0.2) is 39.7 Å². The van der Waals surface area contributed by atoms with Crippen molar-refractivity contribution in [3.05, 3.63) is 35.4 Å².